The number of benzene rings is 1. The van der Waals surface area contributed by atoms with Crippen LogP contribution in [0.15, 0.2) is 24.3 Å². The van der Waals surface area contributed by atoms with Crippen LogP contribution < -0.4 is 5.32 Å². The Bertz CT molecular complexity index is 404. The van der Waals surface area contributed by atoms with Crippen molar-refractivity contribution < 1.29 is 9.90 Å². The first-order chi connectivity index (χ1) is 8.16. The highest BCUT2D eigenvalue weighted by Crippen LogP contribution is 2.35. The van der Waals surface area contributed by atoms with Gasteiger partial charge in [-0.3, -0.25) is 4.79 Å². The van der Waals surface area contributed by atoms with Crippen LogP contribution in [0.1, 0.15) is 18.4 Å². The van der Waals surface area contributed by atoms with Crippen LogP contribution >= 0.6 is 11.6 Å². The quantitative estimate of drug-likeness (QED) is 0.790. The normalized spacial score (nSPS) is 16.5. The van der Waals surface area contributed by atoms with Gasteiger partial charge in [-0.1, -0.05) is 18.2 Å². The van der Waals surface area contributed by atoms with Gasteiger partial charge in [0, 0.05) is 12.1 Å². The molecule has 1 aliphatic rings. The van der Waals surface area contributed by atoms with Gasteiger partial charge < -0.3 is 10.4 Å². The van der Waals surface area contributed by atoms with Gasteiger partial charge in [0.1, 0.15) is 5.75 Å². The molecule has 2 rings (SSSR count). The fraction of sp³-hybridized carbons (Fsp3) is 0.462. The highest BCUT2D eigenvalue weighted by molar-refractivity contribution is 6.21. The van der Waals surface area contributed by atoms with Crippen molar-refractivity contribution in [2.45, 2.75) is 24.6 Å². The molecule has 0 aromatic heterocycles. The van der Waals surface area contributed by atoms with Crippen LogP contribution in [0.2, 0.25) is 0 Å². The highest BCUT2D eigenvalue weighted by Gasteiger charge is 2.29. The largest absolute Gasteiger partial charge is 0.508 e. The minimum absolute atomic E-state index is 0.0447. The Kier molecular flexibility index (Phi) is 3.89. The second kappa shape index (κ2) is 5.41. The van der Waals surface area contributed by atoms with Crippen molar-refractivity contribution in [1.82, 2.24) is 5.32 Å². The Morgan fingerprint density at radius 1 is 1.47 bits per heavy atom. The summed E-state index contributed by atoms with van der Waals surface area (Å²) in [7, 11) is 0. The number of para-hydroxylation sites is 1. The third kappa shape index (κ3) is 3.63. The maximum Gasteiger partial charge on any atom is 0.224 e. The van der Waals surface area contributed by atoms with Crippen LogP contribution in [0.5, 0.6) is 5.75 Å². The summed E-state index contributed by atoms with van der Waals surface area (Å²) in [6.07, 6.45) is 2.54. The molecule has 1 aromatic rings. The van der Waals surface area contributed by atoms with E-state index in [-0.39, 0.29) is 23.5 Å². The van der Waals surface area contributed by atoms with Crippen molar-refractivity contribution in [3.63, 3.8) is 0 Å². The molecule has 0 aliphatic heterocycles. The SMILES string of the molecule is O=C(Cc1ccccc1O)NCC(Cl)C1CC1. The lowest BCUT2D eigenvalue weighted by molar-refractivity contribution is -0.120. The number of rotatable bonds is 5. The van der Waals surface area contributed by atoms with Gasteiger partial charge in [0.25, 0.3) is 0 Å². The molecule has 92 valence electrons. The molecule has 1 aromatic carbocycles. The van der Waals surface area contributed by atoms with Crippen molar-refractivity contribution in [3.8, 4) is 5.75 Å². The number of phenolic OH excluding ortho intramolecular Hbond substituents is 1. The van der Waals surface area contributed by atoms with E-state index in [9.17, 15) is 9.90 Å². The average Bonchev–Trinajstić information content (AvgIpc) is 3.13. The number of hydrogen-bond acceptors (Lipinski definition) is 2. The van der Waals surface area contributed by atoms with Gasteiger partial charge in [-0.2, -0.15) is 0 Å². The first-order valence-electron chi connectivity index (χ1n) is 5.84. The Morgan fingerprint density at radius 3 is 2.82 bits per heavy atom. The first kappa shape index (κ1) is 12.2. The Balaban J connectivity index is 1.78. The molecule has 0 radical (unpaired) electrons. The number of nitrogens with one attached hydrogen (secondary N) is 1. The molecular formula is C13H16ClNO2. The van der Waals surface area contributed by atoms with Gasteiger partial charge in [0.05, 0.1) is 11.8 Å². The van der Waals surface area contributed by atoms with E-state index in [1.165, 1.54) is 12.8 Å². The Labute approximate surface area is 106 Å². The van der Waals surface area contributed by atoms with Crippen molar-refractivity contribution in [2.75, 3.05) is 6.54 Å². The van der Waals surface area contributed by atoms with E-state index in [2.05, 4.69) is 5.32 Å². The molecule has 1 amide bonds. The predicted molar refractivity (Wildman–Crippen MR) is 67.2 cm³/mol. The van der Waals surface area contributed by atoms with Crippen LogP contribution in [0, 0.1) is 5.92 Å². The molecular weight excluding hydrogens is 238 g/mol. The summed E-state index contributed by atoms with van der Waals surface area (Å²) in [4.78, 5) is 11.6. The lowest BCUT2D eigenvalue weighted by Gasteiger charge is -2.10. The van der Waals surface area contributed by atoms with Crippen LogP contribution in [0.3, 0.4) is 0 Å². The van der Waals surface area contributed by atoms with E-state index in [0.717, 1.165) is 0 Å². The van der Waals surface area contributed by atoms with E-state index in [0.29, 0.717) is 18.0 Å². The van der Waals surface area contributed by atoms with Gasteiger partial charge in [-0.05, 0) is 24.8 Å². The number of phenols is 1. The number of hydrogen-bond donors (Lipinski definition) is 2. The Hall–Kier alpha value is -1.22. The summed E-state index contributed by atoms with van der Waals surface area (Å²) >= 11 is 6.09. The third-order valence-corrected chi connectivity index (χ3v) is 3.48. The van der Waals surface area contributed by atoms with Gasteiger partial charge >= 0.3 is 0 Å². The molecule has 1 fully saturated rings. The van der Waals surface area contributed by atoms with Crippen molar-refractivity contribution in [1.29, 1.82) is 0 Å². The molecule has 1 aliphatic carbocycles. The minimum atomic E-state index is -0.0993. The van der Waals surface area contributed by atoms with E-state index in [1.807, 2.05) is 0 Å². The average molecular weight is 254 g/mol. The zero-order valence-corrected chi connectivity index (χ0v) is 10.3. The van der Waals surface area contributed by atoms with Crippen LogP contribution in [-0.2, 0) is 11.2 Å². The van der Waals surface area contributed by atoms with Crippen molar-refractivity contribution in [2.24, 2.45) is 5.92 Å². The number of carbonyl (C=O) groups is 1. The van der Waals surface area contributed by atoms with Gasteiger partial charge in [-0.25, -0.2) is 0 Å². The fourth-order valence-corrected chi connectivity index (χ4v) is 2.06. The molecule has 0 heterocycles. The predicted octanol–water partition coefficient (Wildman–Crippen LogP) is 2.07. The van der Waals surface area contributed by atoms with Crippen molar-refractivity contribution >= 4 is 17.5 Å². The summed E-state index contributed by atoms with van der Waals surface area (Å²) in [6.45, 7) is 0.513. The maximum absolute atomic E-state index is 11.6. The van der Waals surface area contributed by atoms with Crippen molar-refractivity contribution in [3.05, 3.63) is 29.8 Å². The summed E-state index contributed by atoms with van der Waals surface area (Å²) in [5, 5.41) is 12.4. The maximum atomic E-state index is 11.6. The van der Waals surface area contributed by atoms with Gasteiger partial charge in [-0.15, -0.1) is 11.6 Å². The number of alkyl halides is 1. The summed E-state index contributed by atoms with van der Waals surface area (Å²) in [5.41, 5.74) is 0.641. The minimum Gasteiger partial charge on any atom is -0.508 e. The second-order valence-corrected chi connectivity index (χ2v) is 5.02. The standard InChI is InChI=1S/C13H16ClNO2/c14-11(9-5-6-9)8-15-13(17)7-10-3-1-2-4-12(10)16/h1-4,9,11,16H,5-8H2,(H,15,17). The molecule has 0 saturated heterocycles. The zero-order chi connectivity index (χ0) is 12.3. The second-order valence-electron chi connectivity index (χ2n) is 4.46. The molecule has 1 atom stereocenters. The number of aromatic hydroxyl groups is 1. The summed E-state index contributed by atoms with van der Waals surface area (Å²) in [6, 6.07) is 6.86. The van der Waals surface area contributed by atoms with Crippen LogP contribution in [-0.4, -0.2) is 22.9 Å². The van der Waals surface area contributed by atoms with E-state index in [1.54, 1.807) is 24.3 Å². The fourth-order valence-electron chi connectivity index (χ4n) is 1.73. The van der Waals surface area contributed by atoms with Gasteiger partial charge in [0.2, 0.25) is 5.91 Å². The van der Waals surface area contributed by atoms with E-state index >= 15 is 0 Å². The van der Waals surface area contributed by atoms with E-state index < -0.39 is 0 Å². The number of carbonyl (C=O) groups excluding carboxylic acids is 1. The van der Waals surface area contributed by atoms with Crippen LogP contribution in [0.25, 0.3) is 0 Å². The topological polar surface area (TPSA) is 49.3 Å². The molecule has 4 heteroatoms. The molecule has 2 N–H and O–H groups in total. The highest BCUT2D eigenvalue weighted by atomic mass is 35.5. The monoisotopic (exact) mass is 253 g/mol. The molecule has 3 nitrogen and oxygen atoms in total. The Morgan fingerprint density at radius 2 is 2.18 bits per heavy atom. The first-order valence-corrected chi connectivity index (χ1v) is 6.28. The lowest BCUT2D eigenvalue weighted by Crippen LogP contribution is -2.31. The van der Waals surface area contributed by atoms with Gasteiger partial charge in [0.15, 0.2) is 0 Å². The number of halogens is 1. The molecule has 1 unspecified atom stereocenters. The molecule has 17 heavy (non-hydrogen) atoms. The molecule has 0 bridgehead atoms. The van der Waals surface area contributed by atoms with E-state index in [4.69, 9.17) is 11.6 Å². The number of amides is 1. The molecule has 1 saturated carbocycles. The summed E-state index contributed by atoms with van der Waals surface area (Å²) in [5.74, 6) is 0.632. The smallest absolute Gasteiger partial charge is 0.224 e. The zero-order valence-electron chi connectivity index (χ0n) is 9.53. The lowest BCUT2D eigenvalue weighted by atomic mass is 10.1. The molecule has 0 spiro atoms. The third-order valence-electron chi connectivity index (χ3n) is 2.97. The summed E-state index contributed by atoms with van der Waals surface area (Å²) < 4.78 is 0. The van der Waals surface area contributed by atoms with Crippen LogP contribution in [0.4, 0.5) is 0 Å².